The third-order valence-electron chi connectivity index (χ3n) is 4.87. The molecule has 3 rings (SSSR count). The van der Waals surface area contributed by atoms with Crippen molar-refractivity contribution in [1.29, 1.82) is 0 Å². The zero-order valence-electron chi connectivity index (χ0n) is 11.5. The molecular weight excluding hydrogens is 236 g/mol. The molecule has 0 amide bonds. The topological polar surface area (TPSA) is 49.5 Å². The molecule has 2 saturated heterocycles. The Hall–Kier alpha value is -0.900. The third-order valence-corrected chi connectivity index (χ3v) is 4.87. The van der Waals surface area contributed by atoms with Crippen molar-refractivity contribution in [3.63, 3.8) is 0 Å². The molecule has 2 unspecified atom stereocenters. The lowest BCUT2D eigenvalue weighted by molar-refractivity contribution is 0.0673. The maximum Gasteiger partial charge on any atom is 0.0448 e. The van der Waals surface area contributed by atoms with E-state index in [9.17, 15) is 5.11 Å². The van der Waals surface area contributed by atoms with Gasteiger partial charge in [0.15, 0.2) is 0 Å². The highest BCUT2D eigenvalue weighted by molar-refractivity contribution is 5.16. The van der Waals surface area contributed by atoms with E-state index in [1.165, 1.54) is 18.4 Å². The molecule has 0 spiro atoms. The van der Waals surface area contributed by atoms with Crippen LogP contribution in [0.5, 0.6) is 0 Å². The number of piperidine rings is 1. The largest absolute Gasteiger partial charge is 0.396 e. The van der Waals surface area contributed by atoms with Crippen LogP contribution in [-0.4, -0.2) is 34.2 Å². The summed E-state index contributed by atoms with van der Waals surface area (Å²) in [5.74, 6) is 0. The third kappa shape index (κ3) is 2.69. The van der Waals surface area contributed by atoms with Crippen LogP contribution in [0.4, 0.5) is 0 Å². The van der Waals surface area contributed by atoms with Crippen LogP contribution < -0.4 is 5.73 Å². The van der Waals surface area contributed by atoms with Gasteiger partial charge in [-0.25, -0.2) is 0 Å². The van der Waals surface area contributed by atoms with Gasteiger partial charge in [-0.05, 0) is 37.7 Å². The lowest BCUT2D eigenvalue weighted by atomic mass is 9.81. The lowest BCUT2D eigenvalue weighted by Crippen LogP contribution is -2.55. The fourth-order valence-corrected chi connectivity index (χ4v) is 3.95. The monoisotopic (exact) mass is 260 g/mol. The predicted octanol–water partition coefficient (Wildman–Crippen LogP) is 1.89. The van der Waals surface area contributed by atoms with Crippen molar-refractivity contribution in [1.82, 2.24) is 4.90 Å². The van der Waals surface area contributed by atoms with E-state index in [2.05, 4.69) is 35.2 Å². The molecule has 1 aromatic carbocycles. The first-order valence-electron chi connectivity index (χ1n) is 7.40. The van der Waals surface area contributed by atoms with Crippen molar-refractivity contribution in [3.8, 4) is 0 Å². The molecule has 19 heavy (non-hydrogen) atoms. The van der Waals surface area contributed by atoms with E-state index in [-0.39, 0.29) is 12.1 Å². The van der Waals surface area contributed by atoms with Gasteiger partial charge in [0.1, 0.15) is 0 Å². The molecule has 2 atom stereocenters. The summed E-state index contributed by atoms with van der Waals surface area (Å²) in [5.41, 5.74) is 7.72. The summed E-state index contributed by atoms with van der Waals surface area (Å²) in [6, 6.07) is 11.9. The molecule has 0 aliphatic carbocycles. The minimum atomic E-state index is -0.131. The molecule has 2 aliphatic rings. The zero-order valence-corrected chi connectivity index (χ0v) is 11.5. The van der Waals surface area contributed by atoms with Crippen LogP contribution in [0.15, 0.2) is 30.3 Å². The van der Waals surface area contributed by atoms with Crippen molar-refractivity contribution < 1.29 is 5.11 Å². The zero-order chi connectivity index (χ0) is 13.3. The number of hydrogen-bond acceptors (Lipinski definition) is 3. The highest BCUT2D eigenvalue weighted by atomic mass is 16.3. The standard InChI is InChI=1S/C16H24N2O/c17-16(8-9-19)10-14-6-7-15(11-16)18(14)12-13-4-2-1-3-5-13/h1-5,14-15,19H,6-12,17H2. The summed E-state index contributed by atoms with van der Waals surface area (Å²) in [6.07, 6.45) is 5.36. The molecule has 0 saturated carbocycles. The van der Waals surface area contributed by atoms with E-state index in [4.69, 9.17) is 5.73 Å². The summed E-state index contributed by atoms with van der Waals surface area (Å²) in [4.78, 5) is 2.64. The van der Waals surface area contributed by atoms with E-state index in [0.29, 0.717) is 12.1 Å². The minimum absolute atomic E-state index is 0.131. The number of fused-ring (bicyclic) bond motifs is 2. The van der Waals surface area contributed by atoms with Crippen LogP contribution in [0.2, 0.25) is 0 Å². The predicted molar refractivity (Wildman–Crippen MR) is 76.7 cm³/mol. The Labute approximate surface area is 115 Å². The van der Waals surface area contributed by atoms with Crippen molar-refractivity contribution in [2.75, 3.05) is 6.61 Å². The molecule has 1 aromatic rings. The van der Waals surface area contributed by atoms with Gasteiger partial charge in [0.2, 0.25) is 0 Å². The summed E-state index contributed by atoms with van der Waals surface area (Å²) in [7, 11) is 0. The number of aliphatic hydroxyl groups is 1. The van der Waals surface area contributed by atoms with Crippen LogP contribution >= 0.6 is 0 Å². The van der Waals surface area contributed by atoms with Gasteiger partial charge in [-0.3, -0.25) is 4.90 Å². The molecular formula is C16H24N2O. The average molecular weight is 260 g/mol. The lowest BCUT2D eigenvalue weighted by Gasteiger charge is -2.44. The summed E-state index contributed by atoms with van der Waals surface area (Å²) in [6.45, 7) is 1.26. The fourth-order valence-electron chi connectivity index (χ4n) is 3.95. The Kier molecular flexibility index (Phi) is 3.61. The van der Waals surface area contributed by atoms with Crippen LogP contribution in [0.3, 0.4) is 0 Å². The maximum atomic E-state index is 9.18. The molecule has 0 aromatic heterocycles. The van der Waals surface area contributed by atoms with E-state index >= 15 is 0 Å². The van der Waals surface area contributed by atoms with Crippen LogP contribution in [0, 0.1) is 0 Å². The van der Waals surface area contributed by atoms with Gasteiger partial charge in [0.05, 0.1) is 0 Å². The summed E-state index contributed by atoms with van der Waals surface area (Å²) < 4.78 is 0. The first-order valence-corrected chi connectivity index (χ1v) is 7.40. The quantitative estimate of drug-likeness (QED) is 0.869. The van der Waals surface area contributed by atoms with E-state index in [1.54, 1.807) is 0 Å². The average Bonchev–Trinajstić information content (AvgIpc) is 2.65. The SMILES string of the molecule is NC1(CCO)CC2CCC(C1)N2Cc1ccccc1. The molecule has 2 heterocycles. The molecule has 2 fully saturated rings. The van der Waals surface area contributed by atoms with Crippen molar-refractivity contribution in [3.05, 3.63) is 35.9 Å². The minimum Gasteiger partial charge on any atom is -0.396 e. The van der Waals surface area contributed by atoms with Crippen molar-refractivity contribution in [2.45, 2.75) is 56.3 Å². The Bertz CT molecular complexity index is 406. The Morgan fingerprint density at radius 2 is 1.79 bits per heavy atom. The fraction of sp³-hybridized carbons (Fsp3) is 0.625. The van der Waals surface area contributed by atoms with E-state index < -0.39 is 0 Å². The van der Waals surface area contributed by atoms with Gasteiger partial charge < -0.3 is 10.8 Å². The van der Waals surface area contributed by atoms with Crippen LogP contribution in [-0.2, 0) is 6.54 Å². The number of nitrogens with zero attached hydrogens (tertiary/aromatic N) is 1. The molecule has 104 valence electrons. The smallest absolute Gasteiger partial charge is 0.0448 e. The molecule has 3 nitrogen and oxygen atoms in total. The van der Waals surface area contributed by atoms with Gasteiger partial charge in [0.25, 0.3) is 0 Å². The highest BCUT2D eigenvalue weighted by Gasteiger charge is 2.45. The molecule has 0 radical (unpaired) electrons. The van der Waals surface area contributed by atoms with E-state index in [0.717, 1.165) is 25.8 Å². The van der Waals surface area contributed by atoms with Crippen LogP contribution in [0.1, 0.15) is 37.7 Å². The van der Waals surface area contributed by atoms with E-state index in [1.807, 2.05) is 0 Å². The second-order valence-corrected chi connectivity index (χ2v) is 6.29. The van der Waals surface area contributed by atoms with Crippen LogP contribution in [0.25, 0.3) is 0 Å². The molecule has 2 aliphatic heterocycles. The highest BCUT2D eigenvalue weighted by Crippen LogP contribution is 2.41. The molecule has 3 N–H and O–H groups in total. The Balaban J connectivity index is 1.70. The second-order valence-electron chi connectivity index (χ2n) is 6.29. The first kappa shape index (κ1) is 13.1. The number of rotatable bonds is 4. The number of hydrogen-bond donors (Lipinski definition) is 2. The van der Waals surface area contributed by atoms with Gasteiger partial charge in [-0.15, -0.1) is 0 Å². The number of nitrogens with two attached hydrogens (primary N) is 1. The Morgan fingerprint density at radius 1 is 1.16 bits per heavy atom. The van der Waals surface area contributed by atoms with Gasteiger partial charge in [0, 0.05) is 30.8 Å². The second kappa shape index (κ2) is 5.23. The molecule has 2 bridgehead atoms. The molecule has 3 heteroatoms. The maximum absolute atomic E-state index is 9.18. The van der Waals surface area contributed by atoms with Gasteiger partial charge in [-0.1, -0.05) is 30.3 Å². The first-order chi connectivity index (χ1) is 9.20. The van der Waals surface area contributed by atoms with Gasteiger partial charge in [-0.2, -0.15) is 0 Å². The van der Waals surface area contributed by atoms with Gasteiger partial charge >= 0.3 is 0 Å². The van der Waals surface area contributed by atoms with Crippen molar-refractivity contribution in [2.24, 2.45) is 5.73 Å². The van der Waals surface area contributed by atoms with Crippen molar-refractivity contribution >= 4 is 0 Å². The number of benzene rings is 1. The number of aliphatic hydroxyl groups excluding tert-OH is 1. The summed E-state index contributed by atoms with van der Waals surface area (Å²) in [5, 5.41) is 9.18. The Morgan fingerprint density at radius 3 is 2.37 bits per heavy atom. The summed E-state index contributed by atoms with van der Waals surface area (Å²) >= 11 is 0. The normalized spacial score (nSPS) is 34.6.